The first kappa shape index (κ1) is 14.1. The van der Waals surface area contributed by atoms with Crippen LogP contribution in [0.15, 0.2) is 30.6 Å². The zero-order valence-electron chi connectivity index (χ0n) is 12.4. The molecule has 2 heterocycles. The molecule has 0 aliphatic heterocycles. The van der Waals surface area contributed by atoms with Crippen LogP contribution in [-0.2, 0) is 4.74 Å². The molecular weight excluding hydrogens is 264 g/mol. The van der Waals surface area contributed by atoms with Crippen LogP contribution in [0.5, 0.6) is 0 Å². The summed E-state index contributed by atoms with van der Waals surface area (Å²) < 4.78 is 7.72. The molecule has 1 aliphatic carbocycles. The zero-order chi connectivity index (χ0) is 14.7. The lowest BCUT2D eigenvalue weighted by molar-refractivity contribution is 0.0260. The van der Waals surface area contributed by atoms with Gasteiger partial charge in [0.15, 0.2) is 0 Å². The Bertz CT molecular complexity index is 573. The minimum Gasteiger partial charge on any atom is -0.396 e. The van der Waals surface area contributed by atoms with Crippen molar-refractivity contribution in [2.24, 2.45) is 0 Å². The first-order chi connectivity index (χ1) is 10.3. The Morgan fingerprint density at radius 3 is 2.76 bits per heavy atom. The van der Waals surface area contributed by atoms with Crippen LogP contribution in [0, 0.1) is 0 Å². The van der Waals surface area contributed by atoms with E-state index >= 15 is 0 Å². The van der Waals surface area contributed by atoms with E-state index in [-0.39, 0.29) is 0 Å². The monoisotopic (exact) mass is 286 g/mol. The van der Waals surface area contributed by atoms with Crippen LogP contribution in [0.3, 0.4) is 0 Å². The summed E-state index contributed by atoms with van der Waals surface area (Å²) in [5.41, 5.74) is 8.41. The largest absolute Gasteiger partial charge is 0.396 e. The number of hydrogen-bond acceptors (Lipinski definition) is 4. The predicted octanol–water partition coefficient (Wildman–Crippen LogP) is 3.05. The minimum absolute atomic E-state index is 0.411. The molecule has 1 fully saturated rings. The summed E-state index contributed by atoms with van der Waals surface area (Å²) in [7, 11) is 0. The Hall–Kier alpha value is -1.88. The van der Waals surface area contributed by atoms with Gasteiger partial charge in [0.2, 0.25) is 0 Å². The first-order valence-corrected chi connectivity index (χ1v) is 7.65. The Kier molecular flexibility index (Phi) is 4.20. The molecule has 2 aromatic heterocycles. The third kappa shape index (κ3) is 3.08. The smallest absolute Gasteiger partial charge is 0.134 e. The van der Waals surface area contributed by atoms with Gasteiger partial charge in [0.1, 0.15) is 5.69 Å². The highest BCUT2D eigenvalue weighted by Crippen LogP contribution is 2.32. The van der Waals surface area contributed by atoms with E-state index < -0.39 is 0 Å². The topological polar surface area (TPSA) is 66.0 Å². The van der Waals surface area contributed by atoms with Gasteiger partial charge in [-0.15, -0.1) is 0 Å². The fraction of sp³-hybridized carbons (Fsp3) is 0.500. The van der Waals surface area contributed by atoms with E-state index in [9.17, 15) is 0 Å². The van der Waals surface area contributed by atoms with Gasteiger partial charge in [-0.3, -0.25) is 9.67 Å². The van der Waals surface area contributed by atoms with Crippen LogP contribution in [-0.4, -0.2) is 27.5 Å². The van der Waals surface area contributed by atoms with Gasteiger partial charge in [-0.2, -0.15) is 5.10 Å². The van der Waals surface area contributed by atoms with E-state index in [2.05, 4.69) is 17.0 Å². The van der Waals surface area contributed by atoms with Crippen LogP contribution < -0.4 is 5.73 Å². The van der Waals surface area contributed by atoms with Gasteiger partial charge in [-0.05, 0) is 44.7 Å². The van der Waals surface area contributed by atoms with Gasteiger partial charge in [-0.1, -0.05) is 6.07 Å². The number of nitrogens with zero attached hydrogens (tertiary/aromatic N) is 3. The molecule has 0 aromatic carbocycles. The summed E-state index contributed by atoms with van der Waals surface area (Å²) in [4.78, 5) is 4.33. The van der Waals surface area contributed by atoms with Gasteiger partial charge in [0, 0.05) is 19.0 Å². The lowest BCUT2D eigenvalue weighted by Gasteiger charge is -2.28. The van der Waals surface area contributed by atoms with Crippen LogP contribution in [0.2, 0.25) is 0 Å². The fourth-order valence-electron chi connectivity index (χ4n) is 3.01. The number of hydrogen-bond donors (Lipinski definition) is 1. The average Bonchev–Trinajstić information content (AvgIpc) is 2.91. The normalized spacial score (nSPS) is 22.3. The molecule has 2 aromatic rings. The number of aromatic nitrogens is 3. The molecule has 21 heavy (non-hydrogen) atoms. The van der Waals surface area contributed by atoms with Crippen molar-refractivity contribution < 1.29 is 4.74 Å². The second-order valence-electron chi connectivity index (χ2n) is 5.51. The van der Waals surface area contributed by atoms with E-state index in [1.54, 1.807) is 6.20 Å². The van der Waals surface area contributed by atoms with Gasteiger partial charge in [0.25, 0.3) is 0 Å². The van der Waals surface area contributed by atoms with Crippen molar-refractivity contribution in [2.75, 3.05) is 12.3 Å². The van der Waals surface area contributed by atoms with Crippen molar-refractivity contribution in [1.82, 2.24) is 14.8 Å². The summed E-state index contributed by atoms with van der Waals surface area (Å²) in [5.74, 6) is 0. The molecule has 0 unspecified atom stereocenters. The molecule has 0 amide bonds. The summed E-state index contributed by atoms with van der Waals surface area (Å²) >= 11 is 0. The van der Waals surface area contributed by atoms with E-state index in [4.69, 9.17) is 10.5 Å². The van der Waals surface area contributed by atoms with Crippen molar-refractivity contribution in [3.8, 4) is 11.4 Å². The number of nitrogen functional groups attached to an aromatic ring is 1. The number of pyridine rings is 1. The standard InChI is InChI=1S/C16H22N4O/c1-2-21-13-8-6-12(7-9-13)20-11-14(17)16(19-20)15-5-3-4-10-18-15/h3-5,10-13H,2,6-9,17H2,1H3. The average molecular weight is 286 g/mol. The SMILES string of the molecule is CCOC1CCC(n2cc(N)c(-c3ccccn3)n2)CC1. The molecule has 0 radical (unpaired) electrons. The molecular formula is C16H22N4O. The molecule has 5 heteroatoms. The molecule has 0 atom stereocenters. The van der Waals surface area contributed by atoms with E-state index in [1.807, 2.05) is 29.1 Å². The summed E-state index contributed by atoms with van der Waals surface area (Å²) in [6.45, 7) is 2.85. The Labute approximate surface area is 125 Å². The summed E-state index contributed by atoms with van der Waals surface area (Å²) in [6.07, 6.45) is 8.49. The Morgan fingerprint density at radius 1 is 1.29 bits per heavy atom. The number of anilines is 1. The molecule has 112 valence electrons. The Balaban J connectivity index is 1.73. The third-order valence-electron chi connectivity index (χ3n) is 4.09. The highest BCUT2D eigenvalue weighted by molar-refractivity contribution is 5.68. The lowest BCUT2D eigenvalue weighted by Crippen LogP contribution is -2.24. The van der Waals surface area contributed by atoms with E-state index in [0.717, 1.165) is 43.7 Å². The second kappa shape index (κ2) is 6.26. The maximum Gasteiger partial charge on any atom is 0.134 e. The van der Waals surface area contributed by atoms with E-state index in [1.165, 1.54) is 0 Å². The van der Waals surface area contributed by atoms with Crippen LogP contribution >= 0.6 is 0 Å². The van der Waals surface area contributed by atoms with Crippen LogP contribution in [0.4, 0.5) is 5.69 Å². The number of ether oxygens (including phenoxy) is 1. The van der Waals surface area contributed by atoms with Crippen molar-refractivity contribution >= 4 is 5.69 Å². The van der Waals surface area contributed by atoms with Crippen LogP contribution in [0.1, 0.15) is 38.6 Å². The van der Waals surface area contributed by atoms with Crippen molar-refractivity contribution in [1.29, 1.82) is 0 Å². The van der Waals surface area contributed by atoms with Gasteiger partial charge in [-0.25, -0.2) is 0 Å². The maximum absolute atomic E-state index is 6.11. The lowest BCUT2D eigenvalue weighted by atomic mass is 9.93. The first-order valence-electron chi connectivity index (χ1n) is 7.65. The molecule has 5 nitrogen and oxygen atoms in total. The Morgan fingerprint density at radius 2 is 2.10 bits per heavy atom. The molecule has 0 bridgehead atoms. The molecule has 1 aliphatic rings. The molecule has 3 rings (SSSR count). The fourth-order valence-corrected chi connectivity index (χ4v) is 3.01. The third-order valence-corrected chi connectivity index (χ3v) is 4.09. The molecule has 2 N–H and O–H groups in total. The van der Waals surface area contributed by atoms with Crippen molar-refractivity contribution in [3.63, 3.8) is 0 Å². The molecule has 0 saturated heterocycles. The van der Waals surface area contributed by atoms with Gasteiger partial charge < -0.3 is 10.5 Å². The molecule has 0 spiro atoms. The summed E-state index contributed by atoms with van der Waals surface area (Å²) in [6, 6.07) is 6.20. The number of rotatable bonds is 4. The molecule has 1 saturated carbocycles. The zero-order valence-corrected chi connectivity index (χ0v) is 12.4. The van der Waals surface area contributed by atoms with Crippen molar-refractivity contribution in [2.45, 2.75) is 44.8 Å². The maximum atomic E-state index is 6.11. The second-order valence-corrected chi connectivity index (χ2v) is 5.51. The van der Waals surface area contributed by atoms with Gasteiger partial charge in [0.05, 0.1) is 23.5 Å². The summed E-state index contributed by atoms with van der Waals surface area (Å²) in [5, 5.41) is 4.66. The number of nitrogens with two attached hydrogens (primary N) is 1. The van der Waals surface area contributed by atoms with E-state index in [0.29, 0.717) is 17.8 Å². The van der Waals surface area contributed by atoms with Crippen LogP contribution in [0.25, 0.3) is 11.4 Å². The minimum atomic E-state index is 0.411. The quantitative estimate of drug-likeness (QED) is 0.938. The highest BCUT2D eigenvalue weighted by Gasteiger charge is 2.24. The van der Waals surface area contributed by atoms with Crippen molar-refractivity contribution in [3.05, 3.63) is 30.6 Å². The highest BCUT2D eigenvalue weighted by atomic mass is 16.5. The van der Waals surface area contributed by atoms with Gasteiger partial charge >= 0.3 is 0 Å². The predicted molar refractivity (Wildman–Crippen MR) is 82.8 cm³/mol.